The standard InChI is InChI=1S/C10H13NO2/c1-5-3-4-6(2)8-7(5)9(12)11-10(8)13/h5-6H,3-4H2,1-2H3,(H,11,12,13). The fourth-order valence-corrected chi connectivity index (χ4v) is 2.25. The van der Waals surface area contributed by atoms with Crippen LogP contribution >= 0.6 is 0 Å². The number of nitrogens with one attached hydrogen (secondary N) is 1. The normalized spacial score (nSPS) is 33.4. The van der Waals surface area contributed by atoms with Crippen molar-refractivity contribution >= 4 is 11.8 Å². The molecule has 0 radical (unpaired) electrons. The van der Waals surface area contributed by atoms with Gasteiger partial charge in [0.2, 0.25) is 0 Å². The lowest BCUT2D eigenvalue weighted by molar-refractivity contribution is -0.124. The van der Waals surface area contributed by atoms with Gasteiger partial charge in [-0.05, 0) is 24.7 Å². The first-order chi connectivity index (χ1) is 6.11. The van der Waals surface area contributed by atoms with Crippen molar-refractivity contribution in [2.45, 2.75) is 26.7 Å². The second kappa shape index (κ2) is 2.69. The van der Waals surface area contributed by atoms with E-state index in [-0.39, 0.29) is 23.7 Å². The SMILES string of the molecule is CC1CCC(C)C2=C1C(=O)NC2=O. The van der Waals surface area contributed by atoms with E-state index in [4.69, 9.17) is 0 Å². The molecule has 2 atom stereocenters. The molecule has 2 rings (SSSR count). The van der Waals surface area contributed by atoms with Crippen LogP contribution in [-0.2, 0) is 9.59 Å². The highest BCUT2D eigenvalue weighted by molar-refractivity contribution is 6.20. The van der Waals surface area contributed by atoms with Crippen LogP contribution in [0.1, 0.15) is 26.7 Å². The van der Waals surface area contributed by atoms with Gasteiger partial charge in [-0.1, -0.05) is 13.8 Å². The second-order valence-electron chi connectivity index (χ2n) is 3.99. The molecule has 0 aromatic carbocycles. The quantitative estimate of drug-likeness (QED) is 0.564. The zero-order valence-electron chi connectivity index (χ0n) is 7.89. The Balaban J connectivity index is 2.49. The van der Waals surface area contributed by atoms with E-state index >= 15 is 0 Å². The fourth-order valence-electron chi connectivity index (χ4n) is 2.25. The van der Waals surface area contributed by atoms with E-state index in [0.717, 1.165) is 24.0 Å². The van der Waals surface area contributed by atoms with Gasteiger partial charge in [0.05, 0.1) is 0 Å². The molecule has 0 aromatic heterocycles. The van der Waals surface area contributed by atoms with Crippen LogP contribution in [0.2, 0.25) is 0 Å². The van der Waals surface area contributed by atoms with E-state index in [1.807, 2.05) is 13.8 Å². The summed E-state index contributed by atoms with van der Waals surface area (Å²) in [5.74, 6) is 0.161. The summed E-state index contributed by atoms with van der Waals surface area (Å²) in [7, 11) is 0. The summed E-state index contributed by atoms with van der Waals surface area (Å²) in [6, 6.07) is 0. The largest absolute Gasteiger partial charge is 0.289 e. The second-order valence-corrected chi connectivity index (χ2v) is 3.99. The van der Waals surface area contributed by atoms with Crippen molar-refractivity contribution in [3.63, 3.8) is 0 Å². The molecule has 3 nitrogen and oxygen atoms in total. The minimum absolute atomic E-state index is 0.168. The van der Waals surface area contributed by atoms with Crippen molar-refractivity contribution in [3.05, 3.63) is 11.1 Å². The zero-order chi connectivity index (χ0) is 9.59. The summed E-state index contributed by atoms with van der Waals surface area (Å²) in [4.78, 5) is 22.8. The molecule has 0 aromatic rings. The molecule has 13 heavy (non-hydrogen) atoms. The van der Waals surface area contributed by atoms with Crippen LogP contribution in [0.4, 0.5) is 0 Å². The summed E-state index contributed by atoms with van der Waals surface area (Å²) in [5, 5.41) is 2.37. The highest BCUT2D eigenvalue weighted by Gasteiger charge is 2.38. The molecule has 1 N–H and O–H groups in total. The lowest BCUT2D eigenvalue weighted by Gasteiger charge is -2.23. The van der Waals surface area contributed by atoms with Gasteiger partial charge in [0.1, 0.15) is 0 Å². The molecule has 2 unspecified atom stereocenters. The Kier molecular flexibility index (Phi) is 1.75. The first-order valence-electron chi connectivity index (χ1n) is 4.71. The molecular formula is C10H13NO2. The maximum absolute atomic E-state index is 11.4. The van der Waals surface area contributed by atoms with Crippen LogP contribution in [0, 0.1) is 11.8 Å². The fraction of sp³-hybridized carbons (Fsp3) is 0.600. The summed E-state index contributed by atoms with van der Waals surface area (Å²) < 4.78 is 0. The Bertz CT molecular complexity index is 287. The number of rotatable bonds is 0. The lowest BCUT2D eigenvalue weighted by Crippen LogP contribution is -2.24. The summed E-state index contributed by atoms with van der Waals surface area (Å²) in [6.07, 6.45) is 2.03. The molecule has 0 spiro atoms. The van der Waals surface area contributed by atoms with Crippen molar-refractivity contribution in [1.82, 2.24) is 5.32 Å². The monoisotopic (exact) mass is 179 g/mol. The van der Waals surface area contributed by atoms with Crippen LogP contribution < -0.4 is 5.32 Å². The number of imide groups is 1. The Labute approximate surface area is 77.2 Å². The first kappa shape index (κ1) is 8.48. The molecule has 1 aliphatic carbocycles. The molecule has 1 aliphatic heterocycles. The molecule has 70 valence electrons. The van der Waals surface area contributed by atoms with Crippen LogP contribution in [-0.4, -0.2) is 11.8 Å². The van der Waals surface area contributed by atoms with E-state index in [9.17, 15) is 9.59 Å². The maximum atomic E-state index is 11.4. The van der Waals surface area contributed by atoms with E-state index in [1.54, 1.807) is 0 Å². The van der Waals surface area contributed by atoms with E-state index < -0.39 is 0 Å². The number of hydrogen-bond acceptors (Lipinski definition) is 2. The van der Waals surface area contributed by atoms with Gasteiger partial charge in [0.25, 0.3) is 11.8 Å². The average molecular weight is 179 g/mol. The summed E-state index contributed by atoms with van der Waals surface area (Å²) in [5.41, 5.74) is 1.48. The van der Waals surface area contributed by atoms with E-state index in [0.29, 0.717) is 0 Å². The third-order valence-electron chi connectivity index (χ3n) is 3.02. The highest BCUT2D eigenvalue weighted by atomic mass is 16.2. The van der Waals surface area contributed by atoms with Crippen LogP contribution in [0.15, 0.2) is 11.1 Å². The molecule has 0 fully saturated rings. The Morgan fingerprint density at radius 3 is 1.77 bits per heavy atom. The smallest absolute Gasteiger partial charge is 0.254 e. The van der Waals surface area contributed by atoms with Gasteiger partial charge in [-0.25, -0.2) is 0 Å². The summed E-state index contributed by atoms with van der Waals surface area (Å²) >= 11 is 0. The molecule has 0 bridgehead atoms. The van der Waals surface area contributed by atoms with Gasteiger partial charge in [0, 0.05) is 11.1 Å². The minimum atomic E-state index is -0.168. The predicted octanol–water partition coefficient (Wildman–Crippen LogP) is 1.01. The lowest BCUT2D eigenvalue weighted by atomic mass is 9.79. The molecule has 3 heteroatoms. The van der Waals surface area contributed by atoms with Crippen molar-refractivity contribution < 1.29 is 9.59 Å². The number of amides is 2. The molecule has 0 saturated heterocycles. The van der Waals surface area contributed by atoms with E-state index in [2.05, 4.69) is 5.32 Å². The summed E-state index contributed by atoms with van der Waals surface area (Å²) in [6.45, 7) is 4.03. The predicted molar refractivity (Wildman–Crippen MR) is 47.7 cm³/mol. The first-order valence-corrected chi connectivity index (χ1v) is 4.71. The molecule has 2 aliphatic rings. The van der Waals surface area contributed by atoms with Crippen molar-refractivity contribution in [3.8, 4) is 0 Å². The number of hydrogen-bond donors (Lipinski definition) is 1. The van der Waals surface area contributed by atoms with Crippen LogP contribution in [0.25, 0.3) is 0 Å². The number of carbonyl (C=O) groups is 2. The number of carbonyl (C=O) groups excluding carboxylic acids is 2. The van der Waals surface area contributed by atoms with Crippen LogP contribution in [0.3, 0.4) is 0 Å². The molecule has 1 heterocycles. The van der Waals surface area contributed by atoms with Gasteiger partial charge < -0.3 is 0 Å². The molecule has 2 amide bonds. The maximum Gasteiger partial charge on any atom is 0.254 e. The van der Waals surface area contributed by atoms with Gasteiger partial charge in [-0.15, -0.1) is 0 Å². The third-order valence-corrected chi connectivity index (χ3v) is 3.02. The molecular weight excluding hydrogens is 166 g/mol. The van der Waals surface area contributed by atoms with Gasteiger partial charge in [0.15, 0.2) is 0 Å². The van der Waals surface area contributed by atoms with Crippen molar-refractivity contribution in [1.29, 1.82) is 0 Å². The zero-order valence-corrected chi connectivity index (χ0v) is 7.89. The Hall–Kier alpha value is -1.12. The topological polar surface area (TPSA) is 46.2 Å². The van der Waals surface area contributed by atoms with Gasteiger partial charge >= 0.3 is 0 Å². The van der Waals surface area contributed by atoms with Gasteiger partial charge in [-0.2, -0.15) is 0 Å². The minimum Gasteiger partial charge on any atom is -0.289 e. The van der Waals surface area contributed by atoms with Crippen molar-refractivity contribution in [2.75, 3.05) is 0 Å². The highest BCUT2D eigenvalue weighted by Crippen LogP contribution is 2.36. The Morgan fingerprint density at radius 2 is 1.38 bits per heavy atom. The average Bonchev–Trinajstić information content (AvgIpc) is 2.36. The third kappa shape index (κ3) is 1.10. The van der Waals surface area contributed by atoms with Crippen molar-refractivity contribution in [2.24, 2.45) is 11.8 Å². The van der Waals surface area contributed by atoms with Gasteiger partial charge in [-0.3, -0.25) is 14.9 Å². The van der Waals surface area contributed by atoms with E-state index in [1.165, 1.54) is 0 Å². The van der Waals surface area contributed by atoms with Crippen LogP contribution in [0.5, 0.6) is 0 Å². The molecule has 0 saturated carbocycles. The Morgan fingerprint density at radius 1 is 1.00 bits per heavy atom.